The van der Waals surface area contributed by atoms with Gasteiger partial charge in [0.05, 0.1) is 22.9 Å². The predicted molar refractivity (Wildman–Crippen MR) is 114 cm³/mol. The highest BCUT2D eigenvalue weighted by molar-refractivity contribution is 7.92. The molecule has 1 atom stereocenters. The number of anilines is 1. The highest BCUT2D eigenvalue weighted by Gasteiger charge is 2.22. The number of nitrogens with one attached hydrogen (secondary N) is 1. The van der Waals surface area contributed by atoms with Gasteiger partial charge in [0, 0.05) is 6.26 Å². The van der Waals surface area contributed by atoms with Gasteiger partial charge in [0.1, 0.15) is 6.54 Å². The smallest absolute Gasteiger partial charge is 0.241 e. The predicted octanol–water partition coefficient (Wildman–Crippen LogP) is 2.43. The maximum Gasteiger partial charge on any atom is 0.241 e. The van der Waals surface area contributed by atoms with Crippen molar-refractivity contribution >= 4 is 31.5 Å². The molecule has 1 amide bonds. The zero-order valence-electron chi connectivity index (χ0n) is 16.9. The average molecular weight is 439 g/mol. The van der Waals surface area contributed by atoms with Crippen LogP contribution in [0.4, 0.5) is 5.69 Å². The summed E-state index contributed by atoms with van der Waals surface area (Å²) in [4.78, 5) is 12.8. The fourth-order valence-corrected chi connectivity index (χ4v) is 4.40. The average Bonchev–Trinajstić information content (AvgIpc) is 2.62. The summed E-state index contributed by atoms with van der Waals surface area (Å²) in [5, 5.41) is 2.83. The number of rotatable bonds is 8. The van der Waals surface area contributed by atoms with Crippen molar-refractivity contribution in [2.24, 2.45) is 0 Å². The molecule has 0 aliphatic carbocycles. The molecule has 0 spiro atoms. The quantitative estimate of drug-likeness (QED) is 0.682. The number of sulfonamides is 1. The summed E-state index contributed by atoms with van der Waals surface area (Å²) < 4.78 is 48.7. The molecular weight excluding hydrogens is 412 g/mol. The van der Waals surface area contributed by atoms with Crippen molar-refractivity contribution in [2.45, 2.75) is 31.2 Å². The molecule has 29 heavy (non-hydrogen) atoms. The van der Waals surface area contributed by atoms with Crippen molar-refractivity contribution in [3.63, 3.8) is 0 Å². The van der Waals surface area contributed by atoms with E-state index in [0.717, 1.165) is 27.9 Å². The summed E-state index contributed by atoms with van der Waals surface area (Å²) in [6.07, 6.45) is 2.75. The van der Waals surface area contributed by atoms with Gasteiger partial charge in [-0.15, -0.1) is 0 Å². The molecule has 0 aliphatic rings. The summed E-state index contributed by atoms with van der Waals surface area (Å²) in [6, 6.07) is 12.9. The Labute approximate surface area is 172 Å². The summed E-state index contributed by atoms with van der Waals surface area (Å²) >= 11 is 0. The third kappa shape index (κ3) is 6.30. The summed E-state index contributed by atoms with van der Waals surface area (Å²) in [7, 11) is -6.96. The fraction of sp³-hybridized carbons (Fsp3) is 0.350. The monoisotopic (exact) mass is 438 g/mol. The van der Waals surface area contributed by atoms with Crippen LogP contribution in [0.5, 0.6) is 0 Å². The molecule has 0 bridgehead atoms. The van der Waals surface area contributed by atoms with E-state index in [0.29, 0.717) is 12.1 Å². The van der Waals surface area contributed by atoms with E-state index in [1.54, 1.807) is 30.3 Å². The molecule has 2 aromatic carbocycles. The van der Waals surface area contributed by atoms with E-state index in [1.807, 2.05) is 19.9 Å². The maximum absolute atomic E-state index is 12.6. The number of benzene rings is 2. The molecule has 1 N–H and O–H groups in total. The normalized spacial score (nSPS) is 13.0. The lowest BCUT2D eigenvalue weighted by atomic mass is 10.0. The van der Waals surface area contributed by atoms with Gasteiger partial charge >= 0.3 is 0 Å². The van der Waals surface area contributed by atoms with E-state index in [2.05, 4.69) is 5.32 Å². The summed E-state index contributed by atoms with van der Waals surface area (Å²) in [5.74, 6) is -0.448. The number of hydrogen-bond acceptors (Lipinski definition) is 5. The van der Waals surface area contributed by atoms with Crippen molar-refractivity contribution in [3.05, 3.63) is 59.7 Å². The largest absolute Gasteiger partial charge is 0.348 e. The molecule has 0 fully saturated rings. The van der Waals surface area contributed by atoms with Gasteiger partial charge < -0.3 is 5.32 Å². The SMILES string of the molecule is CC[C@H](NC(=O)CN(c1cccc(C)c1)S(C)(=O)=O)c1ccc(S(C)(=O)=O)cc1. The fourth-order valence-electron chi connectivity index (χ4n) is 2.92. The van der Waals surface area contributed by atoms with E-state index in [-0.39, 0.29) is 17.5 Å². The van der Waals surface area contributed by atoms with Crippen molar-refractivity contribution in [2.75, 3.05) is 23.4 Å². The maximum atomic E-state index is 12.6. The second-order valence-electron chi connectivity index (χ2n) is 6.98. The lowest BCUT2D eigenvalue weighted by molar-refractivity contribution is -0.120. The van der Waals surface area contributed by atoms with Crippen molar-refractivity contribution in [3.8, 4) is 0 Å². The molecule has 9 heteroatoms. The van der Waals surface area contributed by atoms with Crippen LogP contribution in [0, 0.1) is 6.92 Å². The van der Waals surface area contributed by atoms with E-state index in [9.17, 15) is 21.6 Å². The second kappa shape index (κ2) is 8.96. The number of carbonyl (C=O) groups excluding carboxylic acids is 1. The molecule has 158 valence electrons. The molecule has 7 nitrogen and oxygen atoms in total. The number of aryl methyl sites for hydroxylation is 1. The third-order valence-corrected chi connectivity index (χ3v) is 6.70. The number of amides is 1. The number of nitrogens with zero attached hydrogens (tertiary/aromatic N) is 1. The third-order valence-electron chi connectivity index (χ3n) is 4.43. The number of sulfone groups is 1. The Kier molecular flexibility index (Phi) is 7.07. The molecule has 2 aromatic rings. The van der Waals surface area contributed by atoms with Crippen LogP contribution in [0.3, 0.4) is 0 Å². The Morgan fingerprint density at radius 3 is 2.14 bits per heavy atom. The zero-order valence-corrected chi connectivity index (χ0v) is 18.5. The minimum atomic E-state index is -3.65. The minimum absolute atomic E-state index is 0.199. The highest BCUT2D eigenvalue weighted by Crippen LogP contribution is 2.21. The van der Waals surface area contributed by atoms with Gasteiger partial charge in [-0.25, -0.2) is 16.8 Å². The van der Waals surface area contributed by atoms with Crippen LogP contribution in [-0.2, 0) is 24.7 Å². The Bertz CT molecular complexity index is 1080. The Hall–Kier alpha value is -2.39. The Morgan fingerprint density at radius 1 is 1.03 bits per heavy atom. The van der Waals surface area contributed by atoms with Crippen molar-refractivity contribution in [1.29, 1.82) is 0 Å². The Balaban J connectivity index is 2.19. The number of hydrogen-bond donors (Lipinski definition) is 1. The van der Waals surface area contributed by atoms with E-state index in [4.69, 9.17) is 0 Å². The standard InChI is InChI=1S/C20H26N2O5S2/c1-5-19(16-9-11-18(12-10-16)28(3,24)25)21-20(23)14-22(29(4,26)27)17-8-6-7-15(2)13-17/h6-13,19H,5,14H2,1-4H3,(H,21,23)/t19-/m0/s1. The van der Waals surface area contributed by atoms with Crippen molar-refractivity contribution < 1.29 is 21.6 Å². The molecule has 0 radical (unpaired) electrons. The van der Waals surface area contributed by atoms with Gasteiger partial charge in [-0.3, -0.25) is 9.10 Å². The van der Waals surface area contributed by atoms with Gasteiger partial charge in [0.2, 0.25) is 15.9 Å². The molecule has 0 saturated carbocycles. The number of carbonyl (C=O) groups is 1. The van der Waals surface area contributed by atoms with Gasteiger partial charge in [-0.1, -0.05) is 31.2 Å². The van der Waals surface area contributed by atoms with Gasteiger partial charge in [0.25, 0.3) is 0 Å². The first kappa shape index (κ1) is 22.9. The van der Waals surface area contributed by atoms with Crippen LogP contribution in [0.15, 0.2) is 53.4 Å². The van der Waals surface area contributed by atoms with Crippen LogP contribution < -0.4 is 9.62 Å². The topological polar surface area (TPSA) is 101 Å². The molecule has 2 rings (SSSR count). The van der Waals surface area contributed by atoms with Crippen LogP contribution >= 0.6 is 0 Å². The summed E-state index contributed by atoms with van der Waals surface area (Å²) in [6.45, 7) is 3.38. The zero-order chi connectivity index (χ0) is 21.8. The van der Waals surface area contributed by atoms with Gasteiger partial charge in [0.15, 0.2) is 9.84 Å². The van der Waals surface area contributed by atoms with Crippen LogP contribution in [0.1, 0.15) is 30.5 Å². The lowest BCUT2D eigenvalue weighted by Gasteiger charge is -2.24. The lowest BCUT2D eigenvalue weighted by Crippen LogP contribution is -2.41. The van der Waals surface area contributed by atoms with Crippen molar-refractivity contribution in [1.82, 2.24) is 5.32 Å². The van der Waals surface area contributed by atoms with E-state index >= 15 is 0 Å². The molecule has 0 aliphatic heterocycles. The van der Waals surface area contributed by atoms with E-state index in [1.165, 1.54) is 12.1 Å². The van der Waals surface area contributed by atoms with Gasteiger partial charge in [-0.2, -0.15) is 0 Å². The Morgan fingerprint density at radius 2 is 1.66 bits per heavy atom. The molecule has 0 aromatic heterocycles. The summed E-state index contributed by atoms with van der Waals surface area (Å²) in [5.41, 5.74) is 2.05. The van der Waals surface area contributed by atoms with Crippen LogP contribution in [-0.4, -0.2) is 41.8 Å². The first-order chi connectivity index (χ1) is 13.4. The highest BCUT2D eigenvalue weighted by atomic mass is 32.2. The molecule has 0 saturated heterocycles. The van der Waals surface area contributed by atoms with Crippen LogP contribution in [0.25, 0.3) is 0 Å². The second-order valence-corrected chi connectivity index (χ2v) is 10.9. The minimum Gasteiger partial charge on any atom is -0.348 e. The van der Waals surface area contributed by atoms with E-state index < -0.39 is 25.8 Å². The first-order valence-electron chi connectivity index (χ1n) is 9.05. The molecule has 0 unspecified atom stereocenters. The van der Waals surface area contributed by atoms with Gasteiger partial charge in [-0.05, 0) is 48.7 Å². The molecule has 0 heterocycles. The first-order valence-corrected chi connectivity index (χ1v) is 12.8. The molecular formula is C20H26N2O5S2. The van der Waals surface area contributed by atoms with Crippen LogP contribution in [0.2, 0.25) is 0 Å².